The van der Waals surface area contributed by atoms with Gasteiger partial charge in [0.05, 0.1) is 16.7 Å². The smallest absolute Gasteiger partial charge is 0.246 e. The summed E-state index contributed by atoms with van der Waals surface area (Å²) in [6.45, 7) is 1.38. The molecule has 1 aromatic heterocycles. The van der Waals surface area contributed by atoms with Crippen molar-refractivity contribution in [2.24, 2.45) is 10.9 Å². The van der Waals surface area contributed by atoms with Gasteiger partial charge in [0.25, 0.3) is 0 Å². The largest absolute Gasteiger partial charge is 0.285 e. The summed E-state index contributed by atoms with van der Waals surface area (Å²) in [5.41, 5.74) is 2.93. The van der Waals surface area contributed by atoms with Gasteiger partial charge in [0.15, 0.2) is 9.84 Å². The molecule has 0 radical (unpaired) electrons. The molecular formula is C29H36F3N3O2S. The molecule has 2 heterocycles. The van der Waals surface area contributed by atoms with Gasteiger partial charge in [-0.05, 0) is 93.3 Å². The predicted molar refractivity (Wildman–Crippen MR) is 144 cm³/mol. The van der Waals surface area contributed by atoms with Gasteiger partial charge in [-0.25, -0.2) is 31.6 Å². The SMILES string of the molecule is CC(F)(F)CCS(=O)(=O)C1CCCC(C2=CC(c3ccc(F)cc3)=NCC[C@H](c3ncccn3)C2)CCC1. The van der Waals surface area contributed by atoms with Crippen molar-refractivity contribution >= 4 is 15.5 Å². The molecule has 1 fully saturated rings. The second kappa shape index (κ2) is 12.5. The molecule has 2 aromatic rings. The number of sulfone groups is 1. The van der Waals surface area contributed by atoms with E-state index >= 15 is 0 Å². The standard InChI is InChI=1S/C29H36F3N3O2S/c1-29(31,32)14-18-38(36,37)26-7-2-5-21(6-3-8-26)24-19-23(28-34-15-4-16-35-28)13-17-33-27(20-24)22-9-11-25(30)12-10-22/h4,9-12,15-16,20-21,23,26H,2-3,5-8,13-14,17-19H2,1H3/t21?,23-,26?/m0/s1. The molecule has 1 aliphatic heterocycles. The number of nitrogens with zero attached hydrogens (tertiary/aromatic N) is 3. The first-order chi connectivity index (χ1) is 18.1. The number of allylic oxidation sites excluding steroid dienone is 2. The highest BCUT2D eigenvalue weighted by molar-refractivity contribution is 7.92. The third-order valence-corrected chi connectivity index (χ3v) is 9.93. The van der Waals surface area contributed by atoms with E-state index in [0.29, 0.717) is 32.2 Å². The predicted octanol–water partition coefficient (Wildman–Crippen LogP) is 6.71. The molecule has 1 atom stereocenters. The molecule has 4 rings (SSSR count). The van der Waals surface area contributed by atoms with Gasteiger partial charge in [-0.3, -0.25) is 4.99 Å². The third-order valence-electron chi connectivity index (χ3n) is 7.67. The first-order valence-electron chi connectivity index (χ1n) is 13.5. The van der Waals surface area contributed by atoms with E-state index in [1.807, 2.05) is 0 Å². The van der Waals surface area contributed by atoms with Gasteiger partial charge in [-0.15, -0.1) is 0 Å². The van der Waals surface area contributed by atoms with Crippen LogP contribution in [0.25, 0.3) is 0 Å². The second-order valence-electron chi connectivity index (χ2n) is 10.7. The molecule has 9 heteroatoms. The zero-order chi connectivity index (χ0) is 27.2. The van der Waals surface area contributed by atoms with Crippen LogP contribution in [-0.2, 0) is 9.84 Å². The molecule has 0 amide bonds. The summed E-state index contributed by atoms with van der Waals surface area (Å²) in [5.74, 6) is -2.58. The van der Waals surface area contributed by atoms with Gasteiger partial charge in [-0.1, -0.05) is 18.4 Å². The zero-order valence-electron chi connectivity index (χ0n) is 21.8. The summed E-state index contributed by atoms with van der Waals surface area (Å²) in [7, 11) is -3.56. The second-order valence-corrected chi connectivity index (χ2v) is 13.1. The van der Waals surface area contributed by atoms with Crippen LogP contribution in [0.15, 0.2) is 59.4 Å². The summed E-state index contributed by atoms with van der Waals surface area (Å²) in [6.07, 6.45) is 10.6. The number of aliphatic imine (C=N–C) groups is 1. The van der Waals surface area contributed by atoms with Crippen LogP contribution in [0.5, 0.6) is 0 Å². The van der Waals surface area contributed by atoms with Crippen LogP contribution < -0.4 is 0 Å². The quantitative estimate of drug-likeness (QED) is 0.386. The highest BCUT2D eigenvalue weighted by atomic mass is 32.2. The van der Waals surface area contributed by atoms with E-state index in [0.717, 1.165) is 49.7 Å². The molecule has 0 unspecified atom stereocenters. The molecule has 5 nitrogen and oxygen atoms in total. The van der Waals surface area contributed by atoms with Crippen molar-refractivity contribution in [3.63, 3.8) is 0 Å². The minimum atomic E-state index is -3.56. The summed E-state index contributed by atoms with van der Waals surface area (Å²) in [5, 5.41) is -0.557. The molecule has 0 saturated heterocycles. The Balaban J connectivity index is 1.53. The Hall–Kier alpha value is -2.55. The average molecular weight is 548 g/mol. The molecule has 0 N–H and O–H groups in total. The molecule has 38 heavy (non-hydrogen) atoms. The van der Waals surface area contributed by atoms with Crippen molar-refractivity contribution in [1.82, 2.24) is 9.97 Å². The molecule has 1 saturated carbocycles. The fourth-order valence-electron chi connectivity index (χ4n) is 5.52. The zero-order valence-corrected chi connectivity index (χ0v) is 22.6. The summed E-state index contributed by atoms with van der Waals surface area (Å²) >= 11 is 0. The molecule has 0 spiro atoms. The minimum Gasteiger partial charge on any atom is -0.285 e. The Morgan fingerprint density at radius 2 is 1.61 bits per heavy atom. The van der Waals surface area contributed by atoms with Crippen LogP contribution in [0, 0.1) is 11.7 Å². The lowest BCUT2D eigenvalue weighted by molar-refractivity contribution is 0.0189. The number of alkyl halides is 2. The Morgan fingerprint density at radius 1 is 0.947 bits per heavy atom. The summed E-state index contributed by atoms with van der Waals surface area (Å²) in [6, 6.07) is 8.17. The van der Waals surface area contributed by atoms with Gasteiger partial charge in [-0.2, -0.15) is 0 Å². The van der Waals surface area contributed by atoms with Crippen molar-refractivity contribution in [3.8, 4) is 0 Å². The lowest BCUT2D eigenvalue weighted by Crippen LogP contribution is -2.29. The van der Waals surface area contributed by atoms with E-state index in [1.165, 1.54) is 17.7 Å². The topological polar surface area (TPSA) is 72.3 Å². The van der Waals surface area contributed by atoms with E-state index in [4.69, 9.17) is 4.99 Å². The first-order valence-corrected chi connectivity index (χ1v) is 15.2. The molecule has 1 aliphatic carbocycles. The van der Waals surface area contributed by atoms with E-state index in [2.05, 4.69) is 16.0 Å². The highest BCUT2D eigenvalue weighted by Crippen LogP contribution is 2.37. The number of aromatic nitrogens is 2. The Morgan fingerprint density at radius 3 is 2.24 bits per heavy atom. The van der Waals surface area contributed by atoms with Crippen molar-refractivity contribution < 1.29 is 21.6 Å². The van der Waals surface area contributed by atoms with E-state index in [1.54, 1.807) is 30.6 Å². The maximum Gasteiger partial charge on any atom is 0.246 e. The van der Waals surface area contributed by atoms with Crippen molar-refractivity contribution in [3.05, 3.63) is 71.6 Å². The van der Waals surface area contributed by atoms with Crippen LogP contribution in [-0.4, -0.2) is 47.6 Å². The number of halogens is 3. The molecule has 2 aliphatic rings. The Kier molecular flexibility index (Phi) is 9.39. The van der Waals surface area contributed by atoms with Crippen LogP contribution >= 0.6 is 0 Å². The van der Waals surface area contributed by atoms with Crippen LogP contribution in [0.1, 0.15) is 82.0 Å². The maximum atomic E-state index is 13.6. The van der Waals surface area contributed by atoms with Gasteiger partial charge < -0.3 is 0 Å². The average Bonchev–Trinajstić information content (AvgIpc) is 2.84. The van der Waals surface area contributed by atoms with Crippen LogP contribution in [0.3, 0.4) is 0 Å². The van der Waals surface area contributed by atoms with E-state index < -0.39 is 33.2 Å². The monoisotopic (exact) mass is 547 g/mol. The number of benzene rings is 1. The van der Waals surface area contributed by atoms with Gasteiger partial charge in [0.2, 0.25) is 5.92 Å². The highest BCUT2D eigenvalue weighted by Gasteiger charge is 2.32. The fourth-order valence-corrected chi connectivity index (χ4v) is 7.55. The Bertz CT molecular complexity index is 1220. The maximum absolute atomic E-state index is 13.6. The lowest BCUT2D eigenvalue weighted by atomic mass is 9.79. The lowest BCUT2D eigenvalue weighted by Gasteiger charge is -2.29. The van der Waals surface area contributed by atoms with E-state index in [-0.39, 0.29) is 17.7 Å². The summed E-state index contributed by atoms with van der Waals surface area (Å²) < 4.78 is 65.7. The van der Waals surface area contributed by atoms with Gasteiger partial charge in [0, 0.05) is 31.3 Å². The van der Waals surface area contributed by atoms with E-state index in [9.17, 15) is 21.6 Å². The fraction of sp³-hybridized carbons (Fsp3) is 0.552. The van der Waals surface area contributed by atoms with Crippen LogP contribution in [0.4, 0.5) is 13.2 Å². The molecule has 0 bridgehead atoms. The molecule has 1 aromatic carbocycles. The summed E-state index contributed by atoms with van der Waals surface area (Å²) in [4.78, 5) is 13.8. The number of hydrogen-bond donors (Lipinski definition) is 0. The van der Waals surface area contributed by atoms with Crippen molar-refractivity contribution in [2.75, 3.05) is 12.3 Å². The number of hydrogen-bond acceptors (Lipinski definition) is 5. The third kappa shape index (κ3) is 7.98. The van der Waals surface area contributed by atoms with Crippen molar-refractivity contribution in [1.29, 1.82) is 0 Å². The Labute approximate surface area is 223 Å². The minimum absolute atomic E-state index is 0.121. The normalized spacial score (nSPS) is 23.8. The van der Waals surface area contributed by atoms with Crippen LogP contribution in [0.2, 0.25) is 0 Å². The van der Waals surface area contributed by atoms with Gasteiger partial charge in [0.1, 0.15) is 11.6 Å². The molecular weight excluding hydrogens is 511 g/mol. The van der Waals surface area contributed by atoms with Gasteiger partial charge >= 0.3 is 0 Å². The first kappa shape index (κ1) is 28.5. The van der Waals surface area contributed by atoms with Crippen molar-refractivity contribution in [2.45, 2.75) is 81.8 Å². The molecule has 206 valence electrons. The number of rotatable bonds is 7.